The smallest absolute Gasteiger partial charge is 0.338 e. The third-order valence-corrected chi connectivity index (χ3v) is 6.53. The van der Waals surface area contributed by atoms with Gasteiger partial charge >= 0.3 is 35.8 Å². The van der Waals surface area contributed by atoms with Crippen LogP contribution < -0.4 is 0 Å². The van der Waals surface area contributed by atoms with E-state index in [1.165, 1.54) is 0 Å². The van der Waals surface area contributed by atoms with Gasteiger partial charge in [-0.15, -0.1) is 0 Å². The first-order chi connectivity index (χ1) is 18.9. The van der Waals surface area contributed by atoms with Gasteiger partial charge in [0.2, 0.25) is 5.60 Å². The van der Waals surface area contributed by atoms with E-state index in [2.05, 4.69) is 0 Å². The number of ketones is 1. The fraction of sp³-hybridized carbons (Fsp3) is 0.731. The van der Waals surface area contributed by atoms with Crippen molar-refractivity contribution < 1.29 is 74.0 Å². The maximum atomic E-state index is 12.5. The van der Waals surface area contributed by atoms with Gasteiger partial charge in [0, 0.05) is 6.61 Å². The summed E-state index contributed by atoms with van der Waals surface area (Å²) in [5.41, 5.74) is -7.46. The highest BCUT2D eigenvalue weighted by atomic mass is 16.5. The number of carboxylic acid groups (broad SMARTS) is 6. The average Bonchev–Trinajstić information content (AvgIpc) is 2.82. The van der Waals surface area contributed by atoms with Gasteiger partial charge in [-0.25, -0.2) is 9.59 Å². The number of Topliss-reactive ketones (excluding diaryl/α,β-unsaturated/α-hetero) is 1. The molecule has 0 bridgehead atoms. The molecule has 0 heterocycles. The van der Waals surface area contributed by atoms with Gasteiger partial charge in [-0.2, -0.15) is 0 Å². The molecule has 41 heavy (non-hydrogen) atoms. The summed E-state index contributed by atoms with van der Waals surface area (Å²) in [6.45, 7) is 6.31. The second-order valence-corrected chi connectivity index (χ2v) is 9.70. The van der Waals surface area contributed by atoms with Crippen molar-refractivity contribution in [3.05, 3.63) is 0 Å². The van der Waals surface area contributed by atoms with Crippen LogP contribution in [-0.4, -0.2) is 95.2 Å². The first-order valence-corrected chi connectivity index (χ1v) is 13.1. The largest absolute Gasteiger partial charge is 0.481 e. The molecule has 7 N–H and O–H groups in total. The quantitative estimate of drug-likeness (QED) is 0.0740. The predicted octanol–water partition coefficient (Wildman–Crippen LogP) is 2.12. The molecule has 236 valence electrons. The first-order valence-electron chi connectivity index (χ1n) is 13.1. The normalized spacial score (nSPS) is 13.6. The Hall–Kier alpha value is -3.59. The molecule has 2 atom stereocenters. The number of hydrogen-bond donors (Lipinski definition) is 7. The van der Waals surface area contributed by atoms with E-state index >= 15 is 0 Å². The number of rotatable bonds is 21. The lowest BCUT2D eigenvalue weighted by atomic mass is 9.59. The van der Waals surface area contributed by atoms with Crippen molar-refractivity contribution in [2.45, 2.75) is 103 Å². The lowest BCUT2D eigenvalue weighted by Crippen LogP contribution is -2.67. The molecule has 0 aromatic carbocycles. The van der Waals surface area contributed by atoms with Crippen LogP contribution in [0.1, 0.15) is 91.9 Å². The molecule has 0 amide bonds. The van der Waals surface area contributed by atoms with Crippen LogP contribution in [0.5, 0.6) is 0 Å². The SMILES string of the molecule is CCCCOC(C(=O)O)(C(C(C)=O)C(=O)O)C(CCCC)(CCCC)C(=O)O.O=C(O)CC(O)(CC(=O)O)C(=O)O. The van der Waals surface area contributed by atoms with E-state index < -0.39 is 77.0 Å². The molecule has 0 aliphatic heterocycles. The van der Waals surface area contributed by atoms with Crippen LogP contribution in [0, 0.1) is 11.3 Å². The van der Waals surface area contributed by atoms with Gasteiger partial charge < -0.3 is 40.5 Å². The van der Waals surface area contributed by atoms with Crippen molar-refractivity contribution in [1.82, 2.24) is 0 Å². The second-order valence-electron chi connectivity index (χ2n) is 9.70. The molecule has 0 radical (unpaired) electrons. The minimum absolute atomic E-state index is 0.0890. The zero-order valence-electron chi connectivity index (χ0n) is 23.8. The van der Waals surface area contributed by atoms with E-state index in [0.29, 0.717) is 38.5 Å². The molecular formula is C26H42O15. The van der Waals surface area contributed by atoms with E-state index in [0.717, 1.165) is 6.92 Å². The maximum absolute atomic E-state index is 12.5. The van der Waals surface area contributed by atoms with Gasteiger partial charge in [0.25, 0.3) is 0 Å². The van der Waals surface area contributed by atoms with E-state index in [1.807, 2.05) is 20.8 Å². The van der Waals surface area contributed by atoms with Crippen LogP contribution in [0.4, 0.5) is 0 Å². The average molecular weight is 595 g/mol. The van der Waals surface area contributed by atoms with Gasteiger partial charge in [-0.3, -0.25) is 24.0 Å². The first kappa shape index (κ1) is 39.6. The van der Waals surface area contributed by atoms with Crippen LogP contribution in [0.25, 0.3) is 0 Å². The Morgan fingerprint density at radius 1 is 0.659 bits per heavy atom. The molecule has 0 saturated carbocycles. The summed E-state index contributed by atoms with van der Waals surface area (Å²) in [4.78, 5) is 79.8. The number of carboxylic acids is 6. The molecule has 0 spiro atoms. The number of aliphatic carboxylic acids is 6. The monoisotopic (exact) mass is 594 g/mol. The Bertz CT molecular complexity index is 903. The molecule has 0 aliphatic rings. The van der Waals surface area contributed by atoms with Gasteiger partial charge in [-0.1, -0.05) is 52.9 Å². The highest BCUT2D eigenvalue weighted by Crippen LogP contribution is 2.49. The Labute approximate surface area is 237 Å². The number of aliphatic hydroxyl groups is 1. The van der Waals surface area contributed by atoms with Gasteiger partial charge in [0.05, 0.1) is 12.8 Å². The summed E-state index contributed by atoms with van der Waals surface area (Å²) in [5.74, 6) is -12.9. The van der Waals surface area contributed by atoms with Crippen LogP contribution in [0.15, 0.2) is 0 Å². The van der Waals surface area contributed by atoms with E-state index in [4.69, 9.17) is 25.2 Å². The van der Waals surface area contributed by atoms with Gasteiger partial charge in [0.1, 0.15) is 11.2 Å². The van der Waals surface area contributed by atoms with Crippen molar-refractivity contribution in [3.8, 4) is 0 Å². The number of hydrogen-bond acceptors (Lipinski definition) is 9. The van der Waals surface area contributed by atoms with E-state index in [9.17, 15) is 48.9 Å². The molecule has 0 rings (SSSR count). The topological polar surface area (TPSA) is 270 Å². The Morgan fingerprint density at radius 2 is 1.07 bits per heavy atom. The van der Waals surface area contributed by atoms with Crippen molar-refractivity contribution >= 4 is 41.6 Å². The van der Waals surface area contributed by atoms with Crippen LogP contribution >= 0.6 is 0 Å². The molecule has 0 aliphatic carbocycles. The maximum Gasteiger partial charge on any atom is 0.338 e. The number of carbonyl (C=O) groups is 7. The molecular weight excluding hydrogens is 552 g/mol. The van der Waals surface area contributed by atoms with Crippen molar-refractivity contribution in [1.29, 1.82) is 0 Å². The van der Waals surface area contributed by atoms with Crippen molar-refractivity contribution in [2.24, 2.45) is 11.3 Å². The zero-order chi connectivity index (χ0) is 32.6. The Balaban J connectivity index is 0. The van der Waals surface area contributed by atoms with E-state index in [-0.39, 0.29) is 19.4 Å². The Kier molecular flexibility index (Phi) is 17.3. The van der Waals surface area contributed by atoms with Crippen molar-refractivity contribution in [2.75, 3.05) is 6.61 Å². The number of unbranched alkanes of at least 4 members (excludes halogenated alkanes) is 3. The summed E-state index contributed by atoms with van der Waals surface area (Å²) < 4.78 is 5.66. The predicted molar refractivity (Wildman–Crippen MR) is 139 cm³/mol. The Morgan fingerprint density at radius 3 is 1.32 bits per heavy atom. The van der Waals surface area contributed by atoms with Crippen LogP contribution in [0.2, 0.25) is 0 Å². The molecule has 0 aromatic heterocycles. The third kappa shape index (κ3) is 10.7. The minimum Gasteiger partial charge on any atom is -0.481 e. The van der Waals surface area contributed by atoms with Gasteiger partial charge in [-0.05, 0) is 26.2 Å². The standard InChI is InChI=1S/C20H34O8.C6H8O7/c1-5-8-11-19(17(24)25,12-9-6-2)20(18(26)27,28-13-10-7-3)15(14(4)21)16(22)23;7-3(8)1-6(13,5(11)12)2-4(9)10/h15H,5-13H2,1-4H3,(H,22,23)(H,24,25)(H,26,27);13H,1-2H2,(H,7,8)(H,9,10)(H,11,12). The fourth-order valence-corrected chi connectivity index (χ4v) is 4.44. The van der Waals surface area contributed by atoms with E-state index in [1.54, 1.807) is 0 Å². The second kappa shape index (κ2) is 18.0. The summed E-state index contributed by atoms with van der Waals surface area (Å²) in [5, 5.41) is 63.9. The van der Waals surface area contributed by atoms with Crippen LogP contribution in [-0.2, 0) is 38.3 Å². The van der Waals surface area contributed by atoms with Gasteiger partial charge in [0.15, 0.2) is 11.5 Å². The fourth-order valence-electron chi connectivity index (χ4n) is 4.44. The van der Waals surface area contributed by atoms with Crippen molar-refractivity contribution in [3.63, 3.8) is 0 Å². The lowest BCUT2D eigenvalue weighted by Gasteiger charge is -2.47. The summed E-state index contributed by atoms with van der Waals surface area (Å²) in [7, 11) is 0. The summed E-state index contributed by atoms with van der Waals surface area (Å²) >= 11 is 0. The zero-order valence-corrected chi connectivity index (χ0v) is 23.8. The van der Waals surface area contributed by atoms with Crippen LogP contribution in [0.3, 0.4) is 0 Å². The number of carbonyl (C=O) groups excluding carboxylic acids is 1. The highest BCUT2D eigenvalue weighted by molar-refractivity contribution is 6.06. The molecule has 0 aromatic rings. The summed E-state index contributed by atoms with van der Waals surface area (Å²) in [6, 6.07) is 0. The third-order valence-electron chi connectivity index (χ3n) is 6.53. The summed E-state index contributed by atoms with van der Waals surface area (Å²) in [6.07, 6.45) is 0.492. The lowest BCUT2D eigenvalue weighted by molar-refractivity contribution is -0.219. The molecule has 15 heteroatoms. The molecule has 0 saturated heterocycles. The number of ether oxygens (including phenoxy) is 1. The molecule has 0 fully saturated rings. The minimum atomic E-state index is -2.74. The molecule has 15 nitrogen and oxygen atoms in total. The molecule has 2 unspecified atom stereocenters. The highest BCUT2D eigenvalue weighted by Gasteiger charge is 2.69.